The SMILES string of the molecule is Cn1c(=O)[nH]c(=O)c2nn(C3CCCCO3)c(Cl)c21. The molecule has 2 aromatic rings. The molecule has 1 N–H and O–H groups in total. The highest BCUT2D eigenvalue weighted by Crippen LogP contribution is 2.28. The molecule has 1 fully saturated rings. The zero-order chi connectivity index (χ0) is 13.6. The molecule has 1 saturated heterocycles. The minimum Gasteiger partial charge on any atom is -0.356 e. The van der Waals surface area contributed by atoms with Crippen LogP contribution in [0.5, 0.6) is 0 Å². The summed E-state index contributed by atoms with van der Waals surface area (Å²) >= 11 is 6.25. The maximum absolute atomic E-state index is 11.8. The highest BCUT2D eigenvalue weighted by molar-refractivity contribution is 6.34. The Morgan fingerprint density at radius 3 is 2.89 bits per heavy atom. The van der Waals surface area contributed by atoms with Gasteiger partial charge in [-0.15, -0.1) is 0 Å². The molecule has 1 atom stereocenters. The first-order chi connectivity index (χ1) is 9.09. The highest BCUT2D eigenvalue weighted by atomic mass is 35.5. The molecule has 3 heterocycles. The molecule has 0 saturated carbocycles. The predicted molar refractivity (Wildman–Crippen MR) is 69.4 cm³/mol. The van der Waals surface area contributed by atoms with Crippen LogP contribution in [0.25, 0.3) is 11.0 Å². The maximum atomic E-state index is 11.8. The van der Waals surface area contributed by atoms with E-state index in [0.717, 1.165) is 19.3 Å². The lowest BCUT2D eigenvalue weighted by molar-refractivity contribution is -0.0389. The third-order valence-electron chi connectivity index (χ3n) is 3.33. The molecule has 0 radical (unpaired) electrons. The van der Waals surface area contributed by atoms with E-state index in [-0.39, 0.29) is 16.9 Å². The molecule has 0 amide bonds. The number of nitrogens with one attached hydrogen (secondary N) is 1. The Balaban J connectivity index is 2.25. The van der Waals surface area contributed by atoms with E-state index >= 15 is 0 Å². The Labute approximate surface area is 112 Å². The summed E-state index contributed by atoms with van der Waals surface area (Å²) in [4.78, 5) is 25.5. The smallest absolute Gasteiger partial charge is 0.328 e. The van der Waals surface area contributed by atoms with Crippen LogP contribution >= 0.6 is 11.6 Å². The van der Waals surface area contributed by atoms with E-state index in [1.54, 1.807) is 7.05 Å². The summed E-state index contributed by atoms with van der Waals surface area (Å²) in [6, 6.07) is 0. The minimum absolute atomic E-state index is 0.154. The van der Waals surface area contributed by atoms with Crippen molar-refractivity contribution in [1.82, 2.24) is 19.3 Å². The summed E-state index contributed by atoms with van der Waals surface area (Å²) in [7, 11) is 1.54. The quantitative estimate of drug-likeness (QED) is 0.839. The topological polar surface area (TPSA) is 81.9 Å². The van der Waals surface area contributed by atoms with E-state index in [9.17, 15) is 9.59 Å². The molecule has 102 valence electrons. The van der Waals surface area contributed by atoms with Gasteiger partial charge in [-0.05, 0) is 19.3 Å². The molecule has 3 rings (SSSR count). The average Bonchev–Trinajstić information content (AvgIpc) is 2.76. The molecule has 0 aliphatic carbocycles. The number of halogens is 1. The van der Waals surface area contributed by atoms with Crippen LogP contribution in [-0.2, 0) is 11.8 Å². The molecule has 2 aromatic heterocycles. The number of ether oxygens (including phenoxy) is 1. The normalized spacial score (nSPS) is 20.0. The van der Waals surface area contributed by atoms with Crippen molar-refractivity contribution < 1.29 is 4.74 Å². The van der Waals surface area contributed by atoms with Gasteiger partial charge in [-0.25, -0.2) is 9.48 Å². The van der Waals surface area contributed by atoms with Gasteiger partial charge in [-0.2, -0.15) is 5.10 Å². The van der Waals surface area contributed by atoms with Gasteiger partial charge in [0.25, 0.3) is 5.56 Å². The van der Waals surface area contributed by atoms with Crippen molar-refractivity contribution in [2.75, 3.05) is 6.61 Å². The third kappa shape index (κ3) is 1.89. The fourth-order valence-corrected chi connectivity index (χ4v) is 2.67. The standard InChI is InChI=1S/C11H13ClN4O3/c1-15-8-7(10(17)13-11(15)18)14-16(9(8)12)6-4-2-3-5-19-6/h6H,2-5H2,1H3,(H,13,17,18). The van der Waals surface area contributed by atoms with Gasteiger partial charge in [-0.3, -0.25) is 14.3 Å². The van der Waals surface area contributed by atoms with Crippen LogP contribution in [0, 0.1) is 0 Å². The van der Waals surface area contributed by atoms with Crippen molar-refractivity contribution in [3.05, 3.63) is 26.0 Å². The van der Waals surface area contributed by atoms with E-state index in [1.165, 1.54) is 9.25 Å². The average molecular weight is 285 g/mol. The molecule has 0 bridgehead atoms. The summed E-state index contributed by atoms with van der Waals surface area (Å²) < 4.78 is 8.37. The van der Waals surface area contributed by atoms with Crippen molar-refractivity contribution >= 4 is 22.6 Å². The molecule has 19 heavy (non-hydrogen) atoms. The van der Waals surface area contributed by atoms with Crippen molar-refractivity contribution in [2.45, 2.75) is 25.5 Å². The van der Waals surface area contributed by atoms with Crippen LogP contribution in [0.2, 0.25) is 5.15 Å². The van der Waals surface area contributed by atoms with Gasteiger partial charge >= 0.3 is 5.69 Å². The largest absolute Gasteiger partial charge is 0.356 e. The second kappa shape index (κ2) is 4.50. The van der Waals surface area contributed by atoms with Gasteiger partial charge in [0.1, 0.15) is 5.52 Å². The summed E-state index contributed by atoms with van der Waals surface area (Å²) in [6.07, 6.45) is 2.54. The third-order valence-corrected chi connectivity index (χ3v) is 3.68. The van der Waals surface area contributed by atoms with Crippen LogP contribution in [-0.4, -0.2) is 25.9 Å². The summed E-state index contributed by atoms with van der Waals surface area (Å²) in [5.74, 6) is 0. The van der Waals surface area contributed by atoms with Gasteiger partial charge in [0, 0.05) is 13.7 Å². The molecule has 0 spiro atoms. The van der Waals surface area contributed by atoms with Gasteiger partial charge in [-0.1, -0.05) is 11.6 Å². The summed E-state index contributed by atoms with van der Waals surface area (Å²) in [5.41, 5.74) is -0.552. The van der Waals surface area contributed by atoms with Gasteiger partial charge in [0.15, 0.2) is 16.9 Å². The number of hydrogen-bond acceptors (Lipinski definition) is 4. The lowest BCUT2D eigenvalue weighted by Crippen LogP contribution is -2.28. The van der Waals surface area contributed by atoms with Crippen molar-refractivity contribution in [3.8, 4) is 0 Å². The summed E-state index contributed by atoms with van der Waals surface area (Å²) in [6.45, 7) is 0.645. The van der Waals surface area contributed by atoms with E-state index < -0.39 is 11.2 Å². The number of rotatable bonds is 1. The second-order valence-corrected chi connectivity index (χ2v) is 4.93. The first-order valence-corrected chi connectivity index (χ1v) is 6.46. The molecule has 1 aliphatic rings. The lowest BCUT2D eigenvalue weighted by Gasteiger charge is -2.23. The second-order valence-electron chi connectivity index (χ2n) is 4.57. The monoisotopic (exact) mass is 284 g/mol. The van der Waals surface area contributed by atoms with E-state index in [2.05, 4.69) is 10.1 Å². The fourth-order valence-electron chi connectivity index (χ4n) is 2.30. The van der Waals surface area contributed by atoms with E-state index in [1.807, 2.05) is 0 Å². The Morgan fingerprint density at radius 2 is 2.21 bits per heavy atom. The number of nitrogens with zero attached hydrogens (tertiary/aromatic N) is 3. The Kier molecular flexibility index (Phi) is 2.94. The summed E-state index contributed by atoms with van der Waals surface area (Å²) in [5, 5.41) is 4.45. The first-order valence-electron chi connectivity index (χ1n) is 6.08. The predicted octanol–water partition coefficient (Wildman–Crippen LogP) is 0.776. The molecular formula is C11H13ClN4O3. The minimum atomic E-state index is -0.533. The van der Waals surface area contributed by atoms with Crippen LogP contribution in [0.4, 0.5) is 0 Å². The zero-order valence-corrected chi connectivity index (χ0v) is 11.1. The molecule has 7 nitrogen and oxygen atoms in total. The van der Waals surface area contributed by atoms with Crippen LogP contribution in [0.1, 0.15) is 25.5 Å². The fraction of sp³-hybridized carbons (Fsp3) is 0.545. The Morgan fingerprint density at radius 1 is 1.42 bits per heavy atom. The van der Waals surface area contributed by atoms with Crippen molar-refractivity contribution in [2.24, 2.45) is 7.05 Å². The number of aromatic nitrogens is 4. The van der Waals surface area contributed by atoms with Gasteiger partial charge < -0.3 is 4.74 Å². The molecule has 1 aliphatic heterocycles. The molecular weight excluding hydrogens is 272 g/mol. The van der Waals surface area contributed by atoms with Gasteiger partial charge in [0.2, 0.25) is 0 Å². The molecule has 8 heteroatoms. The van der Waals surface area contributed by atoms with Crippen LogP contribution < -0.4 is 11.2 Å². The van der Waals surface area contributed by atoms with Crippen LogP contribution in [0.3, 0.4) is 0 Å². The highest BCUT2D eigenvalue weighted by Gasteiger charge is 2.23. The number of fused-ring (bicyclic) bond motifs is 1. The molecule has 1 unspecified atom stereocenters. The van der Waals surface area contributed by atoms with Crippen LogP contribution in [0.15, 0.2) is 9.59 Å². The maximum Gasteiger partial charge on any atom is 0.328 e. The Bertz CT molecular complexity index is 739. The van der Waals surface area contributed by atoms with E-state index in [4.69, 9.17) is 16.3 Å². The van der Waals surface area contributed by atoms with E-state index in [0.29, 0.717) is 12.1 Å². The first kappa shape index (κ1) is 12.4. The molecule has 0 aromatic carbocycles. The van der Waals surface area contributed by atoms with Crippen molar-refractivity contribution in [1.29, 1.82) is 0 Å². The number of hydrogen-bond donors (Lipinski definition) is 1. The Hall–Kier alpha value is -1.60. The lowest BCUT2D eigenvalue weighted by atomic mass is 10.2. The van der Waals surface area contributed by atoms with Crippen molar-refractivity contribution in [3.63, 3.8) is 0 Å². The zero-order valence-electron chi connectivity index (χ0n) is 10.4. The number of aryl methyl sites for hydroxylation is 1. The number of H-pyrrole nitrogens is 1. The van der Waals surface area contributed by atoms with Gasteiger partial charge in [0.05, 0.1) is 0 Å². The number of aromatic amines is 1.